The third-order valence-corrected chi connectivity index (χ3v) is 5.88. The van der Waals surface area contributed by atoms with Crippen molar-refractivity contribution in [1.82, 2.24) is 4.72 Å². The summed E-state index contributed by atoms with van der Waals surface area (Å²) >= 11 is 0. The zero-order valence-electron chi connectivity index (χ0n) is 14.1. The summed E-state index contributed by atoms with van der Waals surface area (Å²) in [5, 5.41) is 0. The zero-order valence-corrected chi connectivity index (χ0v) is 14.9. The molecule has 0 amide bonds. The number of hydrogen-bond donors (Lipinski definition) is 2. The predicted molar refractivity (Wildman–Crippen MR) is 92.2 cm³/mol. The molecule has 1 aliphatic heterocycles. The molecule has 1 fully saturated rings. The number of hydrogen-bond acceptors (Lipinski definition) is 3. The van der Waals surface area contributed by atoms with Gasteiger partial charge in [0.15, 0.2) is 0 Å². The number of sulfonamides is 1. The fraction of sp³-hybridized carbons (Fsp3) is 0.333. The lowest BCUT2D eigenvalue weighted by molar-refractivity contribution is -0.909. The summed E-state index contributed by atoms with van der Waals surface area (Å²) in [6, 6.07) is 11.1. The van der Waals surface area contributed by atoms with Crippen LogP contribution in [0.25, 0.3) is 0 Å². The fourth-order valence-electron chi connectivity index (χ4n) is 3.01. The molecule has 0 bridgehead atoms. The Kier molecular flexibility index (Phi) is 5.98. The Hall–Kier alpha value is -1.87. The smallest absolute Gasteiger partial charge is 0.244 e. The number of halogens is 2. The lowest BCUT2D eigenvalue weighted by Gasteiger charge is -2.28. The second-order valence-corrected chi connectivity index (χ2v) is 7.91. The molecule has 2 N–H and O–H groups in total. The maximum absolute atomic E-state index is 14.0. The largest absolute Gasteiger partial charge is 0.370 e. The highest BCUT2D eigenvalue weighted by Crippen LogP contribution is 2.19. The zero-order chi connectivity index (χ0) is 18.6. The van der Waals surface area contributed by atoms with Gasteiger partial charge in [0, 0.05) is 6.07 Å². The van der Waals surface area contributed by atoms with Gasteiger partial charge in [0.1, 0.15) is 29.6 Å². The van der Waals surface area contributed by atoms with Gasteiger partial charge in [-0.1, -0.05) is 30.3 Å². The standard InChI is InChI=1S/C18H20F2N2O3S/c19-15-6-7-18(16(20)12-15)26(23,24)21-17(14-4-2-1-3-5-14)13-22-8-10-25-11-9-22/h1-7,12,17,21H,8-11,13H2/p+1/t17-/m1/s1. The number of rotatable bonds is 6. The molecule has 5 nitrogen and oxygen atoms in total. The summed E-state index contributed by atoms with van der Waals surface area (Å²) in [6.07, 6.45) is 0. The second-order valence-electron chi connectivity index (χ2n) is 6.23. The summed E-state index contributed by atoms with van der Waals surface area (Å²) in [5.41, 5.74) is 0.789. The van der Waals surface area contributed by atoms with Crippen molar-refractivity contribution < 1.29 is 26.8 Å². The second kappa shape index (κ2) is 8.22. The predicted octanol–water partition coefficient (Wildman–Crippen LogP) is 0.900. The summed E-state index contributed by atoms with van der Waals surface area (Å²) in [7, 11) is -4.14. The Labute approximate surface area is 151 Å². The van der Waals surface area contributed by atoms with Crippen molar-refractivity contribution in [2.45, 2.75) is 10.9 Å². The van der Waals surface area contributed by atoms with Crippen LogP contribution in [-0.4, -0.2) is 41.3 Å². The van der Waals surface area contributed by atoms with E-state index in [9.17, 15) is 17.2 Å². The van der Waals surface area contributed by atoms with Gasteiger partial charge in [-0.05, 0) is 17.7 Å². The normalized spacial score (nSPS) is 17.2. The van der Waals surface area contributed by atoms with Gasteiger partial charge in [-0.25, -0.2) is 17.2 Å². The minimum atomic E-state index is -4.14. The molecule has 2 aromatic carbocycles. The molecule has 26 heavy (non-hydrogen) atoms. The Morgan fingerprint density at radius 3 is 2.42 bits per heavy atom. The van der Waals surface area contributed by atoms with Crippen molar-refractivity contribution >= 4 is 10.0 Å². The van der Waals surface area contributed by atoms with Gasteiger partial charge in [-0.2, -0.15) is 4.72 Å². The van der Waals surface area contributed by atoms with Crippen molar-refractivity contribution in [2.24, 2.45) is 0 Å². The first-order chi connectivity index (χ1) is 12.5. The average Bonchev–Trinajstić information content (AvgIpc) is 2.62. The number of benzene rings is 2. The maximum atomic E-state index is 14.0. The summed E-state index contributed by atoms with van der Waals surface area (Å²) in [6.45, 7) is 3.30. The van der Waals surface area contributed by atoms with Crippen LogP contribution in [0.1, 0.15) is 11.6 Å². The minimum absolute atomic E-state index is 0.509. The molecule has 0 radical (unpaired) electrons. The molecule has 1 saturated heterocycles. The first-order valence-corrected chi connectivity index (χ1v) is 9.88. The van der Waals surface area contributed by atoms with E-state index < -0.39 is 32.6 Å². The highest BCUT2D eigenvalue weighted by Gasteiger charge is 2.28. The van der Waals surface area contributed by atoms with Crippen LogP contribution in [0.3, 0.4) is 0 Å². The number of quaternary nitrogens is 1. The third-order valence-electron chi connectivity index (χ3n) is 4.38. The minimum Gasteiger partial charge on any atom is -0.370 e. The first-order valence-electron chi connectivity index (χ1n) is 8.39. The van der Waals surface area contributed by atoms with E-state index in [4.69, 9.17) is 4.74 Å². The van der Waals surface area contributed by atoms with Crippen LogP contribution in [-0.2, 0) is 14.8 Å². The van der Waals surface area contributed by atoms with E-state index in [1.807, 2.05) is 30.3 Å². The Morgan fingerprint density at radius 2 is 1.77 bits per heavy atom. The van der Waals surface area contributed by atoms with E-state index >= 15 is 0 Å². The molecule has 3 rings (SSSR count). The van der Waals surface area contributed by atoms with Gasteiger partial charge < -0.3 is 9.64 Å². The molecule has 8 heteroatoms. The van der Waals surface area contributed by atoms with E-state index in [-0.39, 0.29) is 0 Å². The van der Waals surface area contributed by atoms with Crippen LogP contribution in [0.4, 0.5) is 8.78 Å². The van der Waals surface area contributed by atoms with Crippen LogP contribution in [0, 0.1) is 11.6 Å². The number of nitrogens with one attached hydrogen (secondary N) is 2. The summed E-state index contributed by atoms with van der Waals surface area (Å²) in [5.74, 6) is -1.93. The van der Waals surface area contributed by atoms with Gasteiger partial charge in [-0.3, -0.25) is 0 Å². The van der Waals surface area contributed by atoms with Gasteiger partial charge in [0.05, 0.1) is 25.8 Å². The number of ether oxygens (including phenoxy) is 1. The SMILES string of the molecule is O=S(=O)(N[C@H](C[NH+]1CCOCC1)c1ccccc1)c1ccc(F)cc1F. The van der Waals surface area contributed by atoms with E-state index in [0.29, 0.717) is 25.8 Å². The van der Waals surface area contributed by atoms with Crippen molar-refractivity contribution in [3.05, 3.63) is 65.7 Å². The Balaban J connectivity index is 1.86. The van der Waals surface area contributed by atoms with Crippen LogP contribution in [0.15, 0.2) is 53.4 Å². The summed E-state index contributed by atoms with van der Waals surface area (Å²) < 4.78 is 60.4. The van der Waals surface area contributed by atoms with E-state index in [1.54, 1.807) is 0 Å². The van der Waals surface area contributed by atoms with E-state index in [1.165, 1.54) is 4.90 Å². The van der Waals surface area contributed by atoms with Crippen LogP contribution in [0.5, 0.6) is 0 Å². The highest BCUT2D eigenvalue weighted by atomic mass is 32.2. The van der Waals surface area contributed by atoms with Gasteiger partial charge >= 0.3 is 0 Å². The molecule has 1 atom stereocenters. The highest BCUT2D eigenvalue weighted by molar-refractivity contribution is 7.89. The molecular formula is C18H21F2N2O3S+. The molecule has 2 aromatic rings. The van der Waals surface area contributed by atoms with Crippen molar-refractivity contribution in [3.8, 4) is 0 Å². The summed E-state index contributed by atoms with van der Waals surface area (Å²) in [4.78, 5) is 0.643. The van der Waals surface area contributed by atoms with Gasteiger partial charge in [0.25, 0.3) is 0 Å². The van der Waals surface area contributed by atoms with Crippen molar-refractivity contribution in [3.63, 3.8) is 0 Å². The topological polar surface area (TPSA) is 59.8 Å². The van der Waals surface area contributed by atoms with Crippen LogP contribution >= 0.6 is 0 Å². The first kappa shape index (κ1) is 18.9. The third kappa shape index (κ3) is 4.64. The quantitative estimate of drug-likeness (QED) is 0.779. The molecule has 0 aliphatic carbocycles. The molecule has 0 spiro atoms. The maximum Gasteiger partial charge on any atom is 0.244 e. The molecule has 0 saturated carbocycles. The van der Waals surface area contributed by atoms with Crippen molar-refractivity contribution in [1.29, 1.82) is 0 Å². The van der Waals surface area contributed by atoms with Crippen LogP contribution in [0.2, 0.25) is 0 Å². The van der Waals surface area contributed by atoms with Gasteiger partial charge in [0.2, 0.25) is 10.0 Å². The monoisotopic (exact) mass is 383 g/mol. The lowest BCUT2D eigenvalue weighted by atomic mass is 10.1. The molecule has 140 valence electrons. The molecular weight excluding hydrogens is 362 g/mol. The van der Waals surface area contributed by atoms with E-state index in [0.717, 1.165) is 30.8 Å². The molecule has 0 unspecified atom stereocenters. The lowest BCUT2D eigenvalue weighted by Crippen LogP contribution is -3.14. The molecule has 1 heterocycles. The fourth-order valence-corrected chi connectivity index (χ4v) is 4.29. The number of morpholine rings is 1. The van der Waals surface area contributed by atoms with Crippen molar-refractivity contribution in [2.75, 3.05) is 32.8 Å². The average molecular weight is 383 g/mol. The van der Waals surface area contributed by atoms with Crippen LogP contribution < -0.4 is 9.62 Å². The Bertz CT molecular complexity index is 841. The van der Waals surface area contributed by atoms with Gasteiger partial charge in [-0.15, -0.1) is 0 Å². The Morgan fingerprint density at radius 1 is 1.08 bits per heavy atom. The molecule has 1 aliphatic rings. The molecule has 0 aromatic heterocycles. The van der Waals surface area contributed by atoms with E-state index in [2.05, 4.69) is 4.72 Å².